The van der Waals surface area contributed by atoms with Gasteiger partial charge in [0, 0.05) is 13.1 Å². The van der Waals surface area contributed by atoms with Crippen LogP contribution < -0.4 is 10.2 Å². The predicted molar refractivity (Wildman–Crippen MR) is 87.4 cm³/mol. The quantitative estimate of drug-likeness (QED) is 0.841. The Bertz CT molecular complexity index is 569. The summed E-state index contributed by atoms with van der Waals surface area (Å²) in [5.74, 6) is 1.29. The van der Waals surface area contributed by atoms with Crippen molar-refractivity contribution in [2.45, 2.75) is 26.7 Å². The number of halogens is 1. The van der Waals surface area contributed by atoms with E-state index in [1.165, 1.54) is 0 Å². The van der Waals surface area contributed by atoms with Gasteiger partial charge >= 0.3 is 0 Å². The van der Waals surface area contributed by atoms with Gasteiger partial charge in [0.25, 0.3) is 0 Å². The minimum atomic E-state index is 0.456. The highest BCUT2D eigenvalue weighted by molar-refractivity contribution is 6.33. The van der Waals surface area contributed by atoms with Crippen LogP contribution in [-0.4, -0.2) is 28.3 Å². The van der Waals surface area contributed by atoms with E-state index >= 15 is 0 Å². The first-order valence-electron chi connectivity index (χ1n) is 7.20. The van der Waals surface area contributed by atoms with E-state index in [1.54, 1.807) is 6.20 Å². The molecular formula is C15H20ClN5. The summed E-state index contributed by atoms with van der Waals surface area (Å²) in [6.45, 7) is 6.22. The van der Waals surface area contributed by atoms with E-state index in [9.17, 15) is 0 Å². The van der Waals surface area contributed by atoms with Crippen LogP contribution in [0.5, 0.6) is 0 Å². The molecule has 0 aliphatic heterocycles. The Morgan fingerprint density at radius 1 is 1.14 bits per heavy atom. The standard InChI is InChI=1S/C15H20ClN5/c1-3-9-21(10-4-2)14-11-17-20-15(19-14)18-13-8-6-5-7-12(13)16/h5-8,11H,3-4,9-10H2,1-2H3,(H,18,19,20). The second-order valence-corrected chi connectivity index (χ2v) is 5.14. The molecule has 1 aromatic heterocycles. The van der Waals surface area contributed by atoms with Crippen molar-refractivity contribution in [3.05, 3.63) is 35.5 Å². The summed E-state index contributed by atoms with van der Waals surface area (Å²) in [6, 6.07) is 7.50. The molecule has 0 bridgehead atoms. The van der Waals surface area contributed by atoms with Gasteiger partial charge in [-0.05, 0) is 25.0 Å². The van der Waals surface area contributed by atoms with Gasteiger partial charge in [0.15, 0.2) is 5.82 Å². The fourth-order valence-electron chi connectivity index (χ4n) is 2.06. The average molecular weight is 306 g/mol. The highest BCUT2D eigenvalue weighted by Crippen LogP contribution is 2.23. The zero-order chi connectivity index (χ0) is 15.1. The molecule has 2 rings (SSSR count). The molecule has 0 atom stereocenters. The Morgan fingerprint density at radius 2 is 1.86 bits per heavy atom. The van der Waals surface area contributed by atoms with Crippen LogP contribution in [0, 0.1) is 0 Å². The highest BCUT2D eigenvalue weighted by Gasteiger charge is 2.09. The third-order valence-electron chi connectivity index (χ3n) is 2.98. The second-order valence-electron chi connectivity index (χ2n) is 4.73. The first-order valence-corrected chi connectivity index (χ1v) is 7.58. The van der Waals surface area contributed by atoms with Crippen LogP contribution in [0.2, 0.25) is 5.02 Å². The number of hydrogen-bond donors (Lipinski definition) is 1. The molecule has 0 radical (unpaired) electrons. The predicted octanol–water partition coefficient (Wildman–Crippen LogP) is 3.90. The molecule has 0 aliphatic carbocycles. The van der Waals surface area contributed by atoms with Gasteiger partial charge in [0.05, 0.1) is 16.9 Å². The first-order chi connectivity index (χ1) is 10.2. The number of nitrogens with one attached hydrogen (secondary N) is 1. The van der Waals surface area contributed by atoms with Gasteiger partial charge in [-0.25, -0.2) is 0 Å². The molecule has 5 nitrogen and oxygen atoms in total. The van der Waals surface area contributed by atoms with Crippen LogP contribution in [0.15, 0.2) is 30.5 Å². The van der Waals surface area contributed by atoms with Gasteiger partial charge in [-0.1, -0.05) is 37.6 Å². The summed E-state index contributed by atoms with van der Waals surface area (Å²) in [6.07, 6.45) is 3.83. The maximum absolute atomic E-state index is 6.13. The van der Waals surface area contributed by atoms with Crippen molar-refractivity contribution in [1.29, 1.82) is 0 Å². The lowest BCUT2D eigenvalue weighted by molar-refractivity contribution is 0.728. The average Bonchev–Trinajstić information content (AvgIpc) is 2.50. The van der Waals surface area contributed by atoms with Crippen LogP contribution in [0.4, 0.5) is 17.5 Å². The molecule has 0 aliphatic rings. The second kappa shape index (κ2) is 7.78. The minimum Gasteiger partial charge on any atom is -0.355 e. The molecule has 1 N–H and O–H groups in total. The Hall–Kier alpha value is -1.88. The molecular weight excluding hydrogens is 286 g/mol. The van der Waals surface area contributed by atoms with E-state index in [2.05, 4.69) is 39.2 Å². The van der Waals surface area contributed by atoms with Crippen molar-refractivity contribution < 1.29 is 0 Å². The van der Waals surface area contributed by atoms with Crippen molar-refractivity contribution in [1.82, 2.24) is 15.2 Å². The minimum absolute atomic E-state index is 0.456. The Kier molecular flexibility index (Phi) is 5.75. The maximum atomic E-state index is 6.13. The molecule has 0 saturated carbocycles. The smallest absolute Gasteiger partial charge is 0.249 e. The number of hydrogen-bond acceptors (Lipinski definition) is 5. The molecule has 0 fully saturated rings. The Balaban J connectivity index is 2.18. The van der Waals surface area contributed by atoms with E-state index in [4.69, 9.17) is 11.6 Å². The zero-order valence-electron chi connectivity index (χ0n) is 12.4. The highest BCUT2D eigenvalue weighted by atomic mass is 35.5. The van der Waals surface area contributed by atoms with Gasteiger partial charge in [-0.15, -0.1) is 5.10 Å². The first kappa shape index (κ1) is 15.5. The number of para-hydroxylation sites is 1. The van der Waals surface area contributed by atoms with E-state index in [0.29, 0.717) is 11.0 Å². The number of aromatic nitrogens is 3. The number of rotatable bonds is 7. The monoisotopic (exact) mass is 305 g/mol. The molecule has 6 heteroatoms. The molecule has 0 saturated heterocycles. The van der Waals surface area contributed by atoms with E-state index in [0.717, 1.165) is 37.4 Å². The van der Waals surface area contributed by atoms with Gasteiger partial charge in [-0.2, -0.15) is 10.1 Å². The summed E-state index contributed by atoms with van der Waals surface area (Å²) in [5.41, 5.74) is 0.774. The molecule has 1 heterocycles. The van der Waals surface area contributed by atoms with Crippen molar-refractivity contribution in [3.63, 3.8) is 0 Å². The number of anilines is 3. The maximum Gasteiger partial charge on any atom is 0.249 e. The lowest BCUT2D eigenvalue weighted by Gasteiger charge is -2.22. The van der Waals surface area contributed by atoms with Crippen molar-refractivity contribution in [2.24, 2.45) is 0 Å². The largest absolute Gasteiger partial charge is 0.355 e. The number of nitrogens with zero attached hydrogens (tertiary/aromatic N) is 4. The molecule has 2 aromatic rings. The summed E-state index contributed by atoms with van der Waals surface area (Å²) < 4.78 is 0. The topological polar surface area (TPSA) is 53.9 Å². The van der Waals surface area contributed by atoms with Gasteiger partial charge in [0.1, 0.15) is 0 Å². The normalized spacial score (nSPS) is 10.4. The van der Waals surface area contributed by atoms with E-state index < -0.39 is 0 Å². The SMILES string of the molecule is CCCN(CCC)c1cnnc(Nc2ccccc2Cl)n1. The molecule has 0 unspecified atom stereocenters. The fourth-order valence-corrected chi connectivity index (χ4v) is 2.25. The van der Waals surface area contributed by atoms with Gasteiger partial charge in [0.2, 0.25) is 5.95 Å². The van der Waals surface area contributed by atoms with E-state index in [-0.39, 0.29) is 0 Å². The third-order valence-corrected chi connectivity index (χ3v) is 3.31. The molecule has 1 aromatic carbocycles. The van der Waals surface area contributed by atoms with Crippen LogP contribution in [0.3, 0.4) is 0 Å². The molecule has 0 amide bonds. The summed E-state index contributed by atoms with van der Waals surface area (Å²) in [7, 11) is 0. The Labute approximate surface area is 130 Å². The molecule has 0 spiro atoms. The third kappa shape index (κ3) is 4.29. The van der Waals surface area contributed by atoms with Crippen LogP contribution in [0.25, 0.3) is 0 Å². The summed E-state index contributed by atoms with van der Waals surface area (Å²) in [5, 5.41) is 11.8. The zero-order valence-corrected chi connectivity index (χ0v) is 13.1. The fraction of sp³-hybridized carbons (Fsp3) is 0.400. The van der Waals surface area contributed by atoms with Crippen LogP contribution in [0.1, 0.15) is 26.7 Å². The van der Waals surface area contributed by atoms with Crippen LogP contribution >= 0.6 is 11.6 Å². The van der Waals surface area contributed by atoms with Crippen molar-refractivity contribution in [2.75, 3.05) is 23.3 Å². The molecule has 21 heavy (non-hydrogen) atoms. The van der Waals surface area contributed by atoms with Crippen LogP contribution in [-0.2, 0) is 0 Å². The molecule has 112 valence electrons. The summed E-state index contributed by atoms with van der Waals surface area (Å²) in [4.78, 5) is 6.74. The summed E-state index contributed by atoms with van der Waals surface area (Å²) >= 11 is 6.13. The lowest BCUT2D eigenvalue weighted by atomic mass is 10.3. The number of benzene rings is 1. The lowest BCUT2D eigenvalue weighted by Crippen LogP contribution is -2.26. The van der Waals surface area contributed by atoms with Gasteiger partial charge in [-0.3, -0.25) is 0 Å². The van der Waals surface area contributed by atoms with Crippen molar-refractivity contribution in [3.8, 4) is 0 Å². The van der Waals surface area contributed by atoms with Crippen molar-refractivity contribution >= 4 is 29.1 Å². The van der Waals surface area contributed by atoms with E-state index in [1.807, 2.05) is 24.3 Å². The Morgan fingerprint density at radius 3 is 2.52 bits per heavy atom. The van der Waals surface area contributed by atoms with Gasteiger partial charge < -0.3 is 10.2 Å².